The van der Waals surface area contributed by atoms with E-state index >= 15 is 0 Å². The van der Waals surface area contributed by atoms with Crippen LogP contribution < -0.4 is 65.2 Å². The van der Waals surface area contributed by atoms with Crippen molar-refractivity contribution in [3.63, 3.8) is 0 Å². The van der Waals surface area contributed by atoms with Crippen molar-refractivity contribution in [3.05, 3.63) is 188 Å². The summed E-state index contributed by atoms with van der Waals surface area (Å²) in [4.78, 5) is 59.5. The minimum absolute atomic E-state index is 0. The minimum atomic E-state index is -4.87. The van der Waals surface area contributed by atoms with Gasteiger partial charge in [-0.1, -0.05) is 108 Å². The number of nitrogens with two attached hydrogens (primary N) is 1. The second-order valence-electron chi connectivity index (χ2n) is 20.3. The van der Waals surface area contributed by atoms with Gasteiger partial charge < -0.3 is 50.6 Å². The number of alkyl halides is 15. The Kier molecular flexibility index (Phi) is 42.0. The molecule has 0 saturated heterocycles. The molecule has 0 unspecified atom stereocenters. The van der Waals surface area contributed by atoms with Crippen molar-refractivity contribution in [1.29, 1.82) is 0 Å². The number of carbonyl (C=O) groups is 3. The Balaban J connectivity index is 0. The van der Waals surface area contributed by atoms with Crippen molar-refractivity contribution in [3.8, 4) is 39.8 Å². The Morgan fingerprint density at radius 2 is 0.917 bits per heavy atom. The molecule has 3 aromatic carbocycles. The third-order valence-electron chi connectivity index (χ3n) is 14.0. The van der Waals surface area contributed by atoms with Crippen LogP contribution in [0.5, 0.6) is 17.2 Å². The average molecular weight is 1640 g/mol. The molecule has 109 heavy (non-hydrogen) atoms. The number of nitrogens with one attached hydrogen (secondary N) is 2. The van der Waals surface area contributed by atoms with E-state index < -0.39 is 152 Å². The van der Waals surface area contributed by atoms with Gasteiger partial charge in [-0.3, -0.25) is 29.5 Å². The number of amides is 1. The number of benzene rings is 3. The van der Waals surface area contributed by atoms with Gasteiger partial charge in [0.2, 0.25) is 0 Å². The number of halogens is 20. The van der Waals surface area contributed by atoms with Gasteiger partial charge in [-0.25, -0.2) is 23.5 Å². The Bertz CT molecular complexity index is 4390. The molecule has 9 aromatic rings. The van der Waals surface area contributed by atoms with Crippen molar-refractivity contribution >= 4 is 80.1 Å². The molecule has 0 saturated carbocycles. The number of carboxylic acids is 1. The molecule has 0 fully saturated rings. The van der Waals surface area contributed by atoms with E-state index in [1.54, 1.807) is 18.2 Å². The van der Waals surface area contributed by atoms with Crippen molar-refractivity contribution in [2.75, 3.05) is 48.0 Å². The SMILES string of the molecule is C.C.C.C.CC[C@@H](Nc1cc(F)c(C(=O)N[C@@H](Cc2ccc(-c3nccc(OC)c3C(F)(F)F)c3ncccc23)C(=O)O)c(F)c1)C(F)(F)F.CO.COC(=O)[C@@H](N)Cc1ccc(-c2nccc(OC)c2C(F)(F)F)c2ncccc12.COc1ccnc(Cl)c1C(F)(F)F.C[O-].FC(F)(F)c1c(Cl)ccnc1Cl.[Na+]. The predicted octanol–water partition coefficient (Wildman–Crippen LogP) is 14.5. The number of aliphatic hydroxyl groups excluding tert-OH is 1. The molecule has 0 bridgehead atoms. The first-order valence-electron chi connectivity index (χ1n) is 28.9. The molecule has 3 atom stereocenters. The van der Waals surface area contributed by atoms with E-state index in [0.29, 0.717) is 28.6 Å². The van der Waals surface area contributed by atoms with Crippen LogP contribution in [0.1, 0.15) is 86.8 Å². The minimum Gasteiger partial charge on any atom is -0.857 e. The number of rotatable bonds is 16. The van der Waals surface area contributed by atoms with Gasteiger partial charge in [0.25, 0.3) is 5.91 Å². The van der Waals surface area contributed by atoms with Crippen LogP contribution in [0.2, 0.25) is 15.3 Å². The molecule has 19 nitrogen and oxygen atoms in total. The number of pyridine rings is 6. The topological polar surface area (TPSA) is 279 Å². The van der Waals surface area contributed by atoms with Gasteiger partial charge >= 0.3 is 72.4 Å². The number of carbonyl (C=O) groups excluding carboxylic acids is 2. The second-order valence-corrected chi connectivity index (χ2v) is 21.4. The third kappa shape index (κ3) is 26.8. The number of hydrogen-bond donors (Lipinski definition) is 5. The first kappa shape index (κ1) is 102. The van der Waals surface area contributed by atoms with Crippen molar-refractivity contribution in [2.45, 2.75) is 105 Å². The number of ether oxygens (including phenoxy) is 4. The van der Waals surface area contributed by atoms with Crippen LogP contribution in [-0.4, -0.2) is 125 Å². The number of methoxy groups -OCH3 is 4. The van der Waals surface area contributed by atoms with Gasteiger partial charge in [-0.15, -0.1) is 0 Å². The van der Waals surface area contributed by atoms with Gasteiger partial charge in [0.05, 0.1) is 55.9 Å². The van der Waals surface area contributed by atoms with E-state index in [1.807, 2.05) is 10.6 Å². The van der Waals surface area contributed by atoms with Crippen LogP contribution in [0.25, 0.3) is 44.3 Å². The van der Waals surface area contributed by atoms with Crippen LogP contribution in [0.4, 0.5) is 80.3 Å². The number of esters is 1. The molecule has 40 heteroatoms. The first-order chi connectivity index (χ1) is 48.7. The van der Waals surface area contributed by atoms with Crippen LogP contribution >= 0.6 is 34.8 Å². The largest absolute Gasteiger partial charge is 1.00 e. The molecule has 6 heterocycles. The molecule has 0 aliphatic rings. The van der Waals surface area contributed by atoms with Gasteiger partial charge in [-0.05, 0) is 72.5 Å². The van der Waals surface area contributed by atoms with Gasteiger partial charge in [0.15, 0.2) is 0 Å². The molecule has 0 radical (unpaired) electrons. The van der Waals surface area contributed by atoms with E-state index in [2.05, 4.69) is 39.4 Å². The number of aromatic nitrogens is 6. The Labute approximate surface area is 651 Å². The fourth-order valence-electron chi connectivity index (χ4n) is 9.51. The van der Waals surface area contributed by atoms with Crippen molar-refractivity contribution < 1.29 is 153 Å². The number of nitrogens with zero attached hydrogens (tertiary/aromatic N) is 6. The van der Waals surface area contributed by atoms with Gasteiger partial charge in [0, 0.05) is 78.3 Å². The van der Waals surface area contributed by atoms with E-state index in [-0.39, 0.29) is 110 Å². The number of carboxylic acid groups (broad SMARTS) is 1. The van der Waals surface area contributed by atoms with Gasteiger partial charge in [0.1, 0.15) is 85.1 Å². The molecule has 594 valence electrons. The number of anilines is 1. The molecular weight excluding hydrogens is 1570 g/mol. The Morgan fingerprint density at radius 3 is 1.26 bits per heavy atom. The summed E-state index contributed by atoms with van der Waals surface area (Å²) >= 11 is 15.8. The van der Waals surface area contributed by atoms with Crippen LogP contribution in [0.3, 0.4) is 0 Å². The molecule has 0 aliphatic carbocycles. The normalized spacial score (nSPS) is 11.7. The zero-order chi connectivity index (χ0) is 78.6. The van der Waals surface area contributed by atoms with Crippen molar-refractivity contribution in [2.24, 2.45) is 5.73 Å². The second kappa shape index (κ2) is 44.8. The molecule has 1 amide bonds. The summed E-state index contributed by atoms with van der Waals surface area (Å²) in [7, 11) is 6.35. The summed E-state index contributed by atoms with van der Waals surface area (Å²) in [5, 5.41) is 28.1. The maximum absolute atomic E-state index is 14.8. The number of hydrogen-bond acceptors (Lipinski definition) is 17. The Morgan fingerprint density at radius 1 is 0.541 bits per heavy atom. The summed E-state index contributed by atoms with van der Waals surface area (Å²) in [6.45, 7) is 1.20. The first-order valence-corrected chi connectivity index (χ1v) is 30.0. The maximum atomic E-state index is 14.8. The quantitative estimate of drug-likeness (QED) is 0.0260. The zero-order valence-electron chi connectivity index (χ0n) is 55.4. The molecule has 0 aliphatic heterocycles. The van der Waals surface area contributed by atoms with E-state index in [4.69, 9.17) is 60.2 Å². The predicted molar refractivity (Wildman–Crippen MR) is 371 cm³/mol. The molecule has 9 rings (SSSR count). The van der Waals surface area contributed by atoms with Crippen LogP contribution in [0.15, 0.2) is 122 Å². The number of aliphatic hydroxyl groups is 1. The third-order valence-corrected chi connectivity index (χ3v) is 14.8. The monoisotopic (exact) mass is 1640 g/mol. The number of fused-ring (bicyclic) bond motifs is 2. The fraction of sp³-hybridized carbons (Fsp3) is 0.319. The van der Waals surface area contributed by atoms with Gasteiger partial charge in [-0.2, -0.15) is 73.0 Å². The molecule has 6 aromatic heterocycles. The van der Waals surface area contributed by atoms with Crippen LogP contribution in [-0.2, 0) is 51.9 Å². The van der Waals surface area contributed by atoms with E-state index in [0.717, 1.165) is 71.3 Å². The Hall–Kier alpha value is -8.75. The molecular formula is C69H72Cl3F17N9NaO10. The standard InChI is InChI=1S/C30H24F8N4O4.C20H18F3N3O3.C7H5ClF3NO.C6H2Cl2F3N.CH4O.CH3O.4CH4.Na/c1-3-22(29(33,34)35)41-15-12-18(31)23(19(32)13-15)27(43)42-20(28(44)45)11-14-6-7-17(25-16(14)5-4-9-39-25)26-24(30(36,37)38)21(46-2)8-10-40-26;1-28-15-7-9-26-18(16(15)20(21,22)23)13-6-5-11(10-14(24)19(27)29-2)12-4-3-8-25-17(12)13;1-13-4-2-3-12-6(8)5(4)7(9,10)11;7-3-1-2-12-5(8)4(3)6(9,10)11;2*1-2;;;;;/h4-10,12-13,20,22,41H,3,11H2,1-2H3,(H,42,43)(H,44,45);3-9,14H,10,24H2,1-2H3;2-3H,1H3;1-2H;2H,1H3;1H3;4*1H4;/q;;;;;-1;;;;;+1/t20-,22+;14-;;;;;;;;;/m00........./s1. The van der Waals surface area contributed by atoms with E-state index in [9.17, 15) is 94.1 Å². The summed E-state index contributed by atoms with van der Waals surface area (Å²) in [5.74, 6) is -7.97. The summed E-state index contributed by atoms with van der Waals surface area (Å²) in [5.41, 5.74) is 0.254. The zero-order valence-corrected chi connectivity index (χ0v) is 59.6. The summed E-state index contributed by atoms with van der Waals surface area (Å²) in [6, 6.07) is 12.3. The summed E-state index contributed by atoms with van der Waals surface area (Å²) in [6.07, 6.45) is -16.8. The van der Waals surface area contributed by atoms with E-state index in [1.165, 1.54) is 70.1 Å². The van der Waals surface area contributed by atoms with Crippen LogP contribution in [0, 0.1) is 11.6 Å². The van der Waals surface area contributed by atoms with Crippen molar-refractivity contribution in [1.82, 2.24) is 35.2 Å². The number of aliphatic carboxylic acids is 1. The summed E-state index contributed by atoms with van der Waals surface area (Å²) < 4.78 is 244. The molecule has 6 N–H and O–H groups in total. The maximum Gasteiger partial charge on any atom is 1.00 e. The fourth-order valence-corrected chi connectivity index (χ4v) is 10.3. The average Bonchev–Trinajstić information content (AvgIpc) is 0.771. The molecule has 0 spiro atoms. The smallest absolute Gasteiger partial charge is 0.857 e.